The lowest BCUT2D eigenvalue weighted by atomic mass is 10.2. The topological polar surface area (TPSA) is 133 Å². The molecule has 0 unspecified atom stereocenters. The maximum atomic E-state index is 11.1. The predicted octanol–water partition coefficient (Wildman–Crippen LogP) is -1.01. The summed E-state index contributed by atoms with van der Waals surface area (Å²) in [5.41, 5.74) is 0.399. The first-order valence-electron chi connectivity index (χ1n) is 4.07. The first-order valence-corrected chi connectivity index (χ1v) is 7.16. The minimum atomic E-state index is -3.96. The quantitative estimate of drug-likeness (QED) is 0.707. The third-order valence-electron chi connectivity index (χ3n) is 2.13. The molecule has 0 atom stereocenters. The van der Waals surface area contributed by atoms with Crippen LogP contribution in [0.3, 0.4) is 0 Å². The van der Waals surface area contributed by atoms with Crippen LogP contribution in [0, 0.1) is 13.8 Å². The van der Waals surface area contributed by atoms with Gasteiger partial charge in [-0.3, -0.25) is 0 Å². The lowest BCUT2D eigenvalue weighted by Gasteiger charge is -2.09. The fourth-order valence-corrected chi connectivity index (χ4v) is 2.79. The molecule has 0 aliphatic carbocycles. The van der Waals surface area contributed by atoms with E-state index in [-0.39, 0.29) is 21.0 Å². The van der Waals surface area contributed by atoms with Gasteiger partial charge in [0.1, 0.15) is 4.90 Å². The molecule has 0 aliphatic rings. The molecule has 9 heteroatoms. The summed E-state index contributed by atoms with van der Waals surface area (Å²) < 4.78 is 44.5. The van der Waals surface area contributed by atoms with E-state index < -0.39 is 20.0 Å². The first-order chi connectivity index (χ1) is 7.05. The van der Waals surface area contributed by atoms with Crippen LogP contribution in [0.15, 0.2) is 16.1 Å². The Morgan fingerprint density at radius 3 is 1.88 bits per heavy atom. The van der Waals surface area contributed by atoms with Crippen LogP contribution in [-0.2, 0) is 20.0 Å². The number of nitrogens with zero attached hydrogens (tertiary/aromatic N) is 1. The fraction of sp³-hybridized carbons (Fsp3) is 0.286. The van der Waals surface area contributed by atoms with Gasteiger partial charge < -0.3 is 0 Å². The summed E-state index contributed by atoms with van der Waals surface area (Å²) in [7, 11) is -7.88. The van der Waals surface area contributed by atoms with Crippen molar-refractivity contribution >= 4 is 20.0 Å². The highest BCUT2D eigenvalue weighted by atomic mass is 32.2. The Balaban J connectivity index is 3.67. The van der Waals surface area contributed by atoms with Crippen LogP contribution in [0.1, 0.15) is 11.1 Å². The van der Waals surface area contributed by atoms with E-state index >= 15 is 0 Å². The van der Waals surface area contributed by atoms with Crippen LogP contribution >= 0.6 is 0 Å². The molecule has 0 saturated carbocycles. The second-order valence-electron chi connectivity index (χ2n) is 3.27. The SMILES string of the molecule is Cc1c(S(N)(=O)=O)cnc(S(N)(=O)=O)c1C. The zero-order valence-corrected chi connectivity index (χ0v) is 10.3. The largest absolute Gasteiger partial charge is 0.255 e. The molecule has 90 valence electrons. The Hall–Kier alpha value is -1.03. The van der Waals surface area contributed by atoms with Crippen LogP contribution in [0.4, 0.5) is 0 Å². The molecule has 0 bridgehead atoms. The smallest absolute Gasteiger partial charge is 0.242 e. The number of sulfonamides is 2. The van der Waals surface area contributed by atoms with Crippen LogP contribution in [0.5, 0.6) is 0 Å². The molecule has 0 spiro atoms. The van der Waals surface area contributed by atoms with Gasteiger partial charge in [0, 0.05) is 6.20 Å². The maximum Gasteiger partial charge on any atom is 0.255 e. The lowest BCUT2D eigenvalue weighted by molar-refractivity contribution is 0.588. The summed E-state index contributed by atoms with van der Waals surface area (Å²) >= 11 is 0. The Morgan fingerprint density at radius 2 is 1.50 bits per heavy atom. The van der Waals surface area contributed by atoms with Gasteiger partial charge in [0.2, 0.25) is 10.0 Å². The Kier molecular flexibility index (Phi) is 3.07. The minimum absolute atomic E-state index is 0.175. The van der Waals surface area contributed by atoms with E-state index in [0.717, 1.165) is 6.20 Å². The lowest BCUT2D eigenvalue weighted by Crippen LogP contribution is -2.19. The number of rotatable bonds is 2. The van der Waals surface area contributed by atoms with Crippen molar-refractivity contribution in [2.45, 2.75) is 23.8 Å². The molecule has 0 aromatic carbocycles. The number of primary sulfonamides is 2. The molecule has 7 nitrogen and oxygen atoms in total. The number of hydrogen-bond acceptors (Lipinski definition) is 5. The van der Waals surface area contributed by atoms with Crippen LogP contribution in [0.2, 0.25) is 0 Å². The van der Waals surface area contributed by atoms with E-state index in [1.54, 1.807) is 0 Å². The van der Waals surface area contributed by atoms with Crippen molar-refractivity contribution in [2.75, 3.05) is 0 Å². The first kappa shape index (κ1) is 13.0. The molecular weight excluding hydrogens is 254 g/mol. The van der Waals surface area contributed by atoms with Crippen LogP contribution < -0.4 is 10.3 Å². The molecule has 1 rings (SSSR count). The molecule has 0 aliphatic heterocycles. The number of hydrogen-bond donors (Lipinski definition) is 2. The van der Waals surface area contributed by atoms with Gasteiger partial charge in [-0.25, -0.2) is 32.1 Å². The zero-order chi connectivity index (χ0) is 12.7. The second-order valence-corrected chi connectivity index (χ2v) is 6.27. The van der Waals surface area contributed by atoms with Gasteiger partial charge in [-0.15, -0.1) is 0 Å². The predicted molar refractivity (Wildman–Crippen MR) is 56.5 cm³/mol. The molecule has 0 radical (unpaired) electrons. The molecule has 1 heterocycles. The Morgan fingerprint density at radius 1 is 1.00 bits per heavy atom. The van der Waals surface area contributed by atoms with Crippen molar-refractivity contribution in [3.05, 3.63) is 17.3 Å². The van der Waals surface area contributed by atoms with Crippen molar-refractivity contribution in [1.29, 1.82) is 0 Å². The van der Waals surface area contributed by atoms with Gasteiger partial charge in [-0.2, -0.15) is 0 Å². The molecule has 16 heavy (non-hydrogen) atoms. The molecule has 1 aromatic heterocycles. The van der Waals surface area contributed by atoms with E-state index in [2.05, 4.69) is 4.98 Å². The van der Waals surface area contributed by atoms with Crippen molar-refractivity contribution < 1.29 is 16.8 Å². The van der Waals surface area contributed by atoms with Crippen molar-refractivity contribution in [1.82, 2.24) is 4.98 Å². The van der Waals surface area contributed by atoms with Gasteiger partial charge in [-0.1, -0.05) is 0 Å². The van der Waals surface area contributed by atoms with Crippen LogP contribution in [0.25, 0.3) is 0 Å². The van der Waals surface area contributed by atoms with Gasteiger partial charge in [-0.05, 0) is 25.0 Å². The van der Waals surface area contributed by atoms with Crippen molar-refractivity contribution in [3.8, 4) is 0 Å². The fourth-order valence-electron chi connectivity index (χ4n) is 1.23. The van der Waals surface area contributed by atoms with Gasteiger partial charge >= 0.3 is 0 Å². The highest BCUT2D eigenvalue weighted by Gasteiger charge is 2.20. The molecule has 0 saturated heterocycles. The molecule has 0 amide bonds. The highest BCUT2D eigenvalue weighted by molar-refractivity contribution is 7.89. The van der Waals surface area contributed by atoms with Crippen LogP contribution in [-0.4, -0.2) is 21.8 Å². The zero-order valence-electron chi connectivity index (χ0n) is 8.63. The number of nitrogens with two attached hydrogens (primary N) is 2. The normalized spacial score (nSPS) is 12.8. The molecule has 0 fully saturated rings. The maximum absolute atomic E-state index is 11.1. The summed E-state index contributed by atoms with van der Waals surface area (Å²) in [4.78, 5) is 3.29. The third kappa shape index (κ3) is 2.38. The summed E-state index contributed by atoms with van der Waals surface area (Å²) in [5, 5.41) is 9.50. The minimum Gasteiger partial charge on any atom is -0.242 e. The van der Waals surface area contributed by atoms with Crippen molar-refractivity contribution in [3.63, 3.8) is 0 Å². The number of pyridine rings is 1. The van der Waals surface area contributed by atoms with E-state index in [4.69, 9.17) is 10.3 Å². The summed E-state index contributed by atoms with van der Waals surface area (Å²) in [5.74, 6) is 0. The number of aromatic nitrogens is 1. The highest BCUT2D eigenvalue weighted by Crippen LogP contribution is 2.20. The van der Waals surface area contributed by atoms with Gasteiger partial charge in [0.25, 0.3) is 10.0 Å². The summed E-state index contributed by atoms with van der Waals surface area (Å²) in [6.07, 6.45) is 0.886. The standard InChI is InChI=1S/C7H11N3O4S2/c1-4-5(2)7(16(9,13)14)10-3-6(4)15(8,11)12/h3H,1-2H3,(H2,8,11,12)(H2,9,13,14). The average Bonchev–Trinajstić information content (AvgIpc) is 2.05. The monoisotopic (exact) mass is 265 g/mol. The van der Waals surface area contributed by atoms with E-state index in [0.29, 0.717) is 0 Å². The Labute approximate surface area is 93.6 Å². The second kappa shape index (κ2) is 3.77. The third-order valence-corrected chi connectivity index (χ3v) is 4.10. The molecule has 1 aromatic rings. The van der Waals surface area contributed by atoms with E-state index in [1.165, 1.54) is 13.8 Å². The van der Waals surface area contributed by atoms with E-state index in [9.17, 15) is 16.8 Å². The van der Waals surface area contributed by atoms with Gasteiger partial charge in [0.15, 0.2) is 5.03 Å². The molecule has 4 N–H and O–H groups in total. The molecular formula is C7H11N3O4S2. The van der Waals surface area contributed by atoms with Crippen molar-refractivity contribution in [2.24, 2.45) is 10.3 Å². The summed E-state index contributed by atoms with van der Waals surface area (Å²) in [6, 6.07) is 0. The van der Waals surface area contributed by atoms with Gasteiger partial charge in [0.05, 0.1) is 0 Å². The summed E-state index contributed by atoms with van der Waals surface area (Å²) in [6.45, 7) is 2.85. The van der Waals surface area contributed by atoms with E-state index in [1.807, 2.05) is 0 Å². The average molecular weight is 265 g/mol. The Bertz CT molecular complexity index is 577.